The Hall–Kier alpha value is -1.29. The van der Waals surface area contributed by atoms with Crippen LogP contribution in [0.2, 0.25) is 5.02 Å². The first-order valence-electron chi connectivity index (χ1n) is 4.06. The molecule has 14 heavy (non-hydrogen) atoms. The van der Waals surface area contributed by atoms with Gasteiger partial charge in [0.05, 0.1) is 9.95 Å². The summed E-state index contributed by atoms with van der Waals surface area (Å²) < 4.78 is 0. The van der Waals surface area contributed by atoms with Crippen LogP contribution in [0.15, 0.2) is 12.1 Å². The third-order valence-electron chi connectivity index (χ3n) is 1.93. The maximum atomic E-state index is 10.8. The van der Waals surface area contributed by atoms with Gasteiger partial charge >= 0.3 is 0 Å². The second-order valence-corrected chi connectivity index (χ2v) is 3.62. The van der Waals surface area contributed by atoms with Gasteiger partial charge in [-0.15, -0.1) is 0 Å². The van der Waals surface area contributed by atoms with Crippen molar-refractivity contribution in [2.24, 2.45) is 0 Å². The lowest BCUT2D eigenvalue weighted by Gasteiger charge is -2.15. The number of halogens is 1. The second-order valence-electron chi connectivity index (χ2n) is 3.21. The van der Waals surface area contributed by atoms with Crippen molar-refractivity contribution in [1.82, 2.24) is 0 Å². The first kappa shape index (κ1) is 10.8. The van der Waals surface area contributed by atoms with E-state index in [4.69, 9.17) is 11.6 Å². The molecule has 0 amide bonds. The molecule has 1 aromatic carbocycles. The summed E-state index contributed by atoms with van der Waals surface area (Å²) in [5.74, 6) is 0. The molecule has 0 N–H and O–H groups in total. The molecule has 0 aromatic heterocycles. The zero-order valence-electron chi connectivity index (χ0n) is 8.24. The molecule has 1 aromatic rings. The predicted molar refractivity (Wildman–Crippen MR) is 57.2 cm³/mol. The molecular weight excluding hydrogens is 204 g/mol. The van der Waals surface area contributed by atoms with Crippen molar-refractivity contribution in [3.63, 3.8) is 0 Å². The van der Waals surface area contributed by atoms with Crippen LogP contribution in [-0.4, -0.2) is 19.0 Å². The number of benzene rings is 1. The van der Waals surface area contributed by atoms with Crippen molar-refractivity contribution < 1.29 is 4.92 Å². The number of hydrogen-bond acceptors (Lipinski definition) is 3. The highest BCUT2D eigenvalue weighted by Crippen LogP contribution is 2.36. The maximum absolute atomic E-state index is 10.8. The number of hydrogen-bond donors (Lipinski definition) is 0. The Labute approximate surface area is 87.2 Å². The van der Waals surface area contributed by atoms with E-state index in [0.29, 0.717) is 16.3 Å². The normalized spacial score (nSPS) is 10.0. The molecule has 4 nitrogen and oxygen atoms in total. The second kappa shape index (κ2) is 3.84. The van der Waals surface area contributed by atoms with Gasteiger partial charge in [0.25, 0.3) is 5.69 Å². The number of nitrogens with zero attached hydrogens (tertiary/aromatic N) is 2. The zero-order valence-corrected chi connectivity index (χ0v) is 9.00. The van der Waals surface area contributed by atoms with Gasteiger partial charge in [0.15, 0.2) is 0 Å². The molecule has 0 spiro atoms. The van der Waals surface area contributed by atoms with E-state index >= 15 is 0 Å². The van der Waals surface area contributed by atoms with Crippen molar-refractivity contribution in [2.45, 2.75) is 6.92 Å². The van der Waals surface area contributed by atoms with Crippen LogP contribution in [0, 0.1) is 17.0 Å². The Kier molecular flexibility index (Phi) is 2.96. The highest BCUT2D eigenvalue weighted by molar-refractivity contribution is 6.33. The van der Waals surface area contributed by atoms with Crippen LogP contribution in [0.5, 0.6) is 0 Å². The molecule has 0 aliphatic carbocycles. The number of nitro groups is 1. The van der Waals surface area contributed by atoms with Gasteiger partial charge in [-0.25, -0.2) is 0 Å². The Bertz CT molecular complexity index is 377. The molecule has 0 aliphatic rings. The average Bonchev–Trinajstić information content (AvgIpc) is 2.07. The van der Waals surface area contributed by atoms with E-state index in [0.717, 1.165) is 0 Å². The fourth-order valence-electron chi connectivity index (χ4n) is 1.31. The summed E-state index contributed by atoms with van der Waals surface area (Å²) in [6.45, 7) is 1.70. The third-order valence-corrected chi connectivity index (χ3v) is 2.24. The van der Waals surface area contributed by atoms with Gasteiger partial charge < -0.3 is 4.90 Å². The van der Waals surface area contributed by atoms with E-state index in [1.54, 1.807) is 38.1 Å². The maximum Gasteiger partial charge on any atom is 0.296 e. The summed E-state index contributed by atoms with van der Waals surface area (Å²) >= 11 is 5.89. The van der Waals surface area contributed by atoms with Gasteiger partial charge in [0.1, 0.15) is 5.69 Å². The lowest BCUT2D eigenvalue weighted by Crippen LogP contribution is -2.12. The summed E-state index contributed by atoms with van der Waals surface area (Å²) in [4.78, 5) is 12.1. The van der Waals surface area contributed by atoms with Gasteiger partial charge in [0, 0.05) is 19.7 Å². The number of nitro benzene ring substituents is 1. The van der Waals surface area contributed by atoms with E-state index < -0.39 is 4.92 Å². The van der Waals surface area contributed by atoms with E-state index in [-0.39, 0.29) is 5.69 Å². The smallest absolute Gasteiger partial charge is 0.296 e. The van der Waals surface area contributed by atoms with Crippen LogP contribution in [0.4, 0.5) is 11.4 Å². The predicted octanol–water partition coefficient (Wildman–Crippen LogP) is 2.62. The number of rotatable bonds is 2. The lowest BCUT2D eigenvalue weighted by atomic mass is 10.1. The summed E-state index contributed by atoms with van der Waals surface area (Å²) in [5, 5.41) is 11.2. The molecule has 0 saturated carbocycles. The molecule has 0 aliphatic heterocycles. The minimum absolute atomic E-state index is 0.0718. The Morgan fingerprint density at radius 2 is 2.00 bits per heavy atom. The van der Waals surface area contributed by atoms with E-state index in [9.17, 15) is 10.1 Å². The monoisotopic (exact) mass is 214 g/mol. The first-order chi connectivity index (χ1) is 6.45. The quantitative estimate of drug-likeness (QED) is 0.562. The number of aryl methyl sites for hydroxylation is 1. The zero-order chi connectivity index (χ0) is 10.9. The van der Waals surface area contributed by atoms with Crippen LogP contribution in [-0.2, 0) is 0 Å². The minimum atomic E-state index is -0.406. The summed E-state index contributed by atoms with van der Waals surface area (Å²) in [5.41, 5.74) is 1.14. The first-order valence-corrected chi connectivity index (χ1v) is 4.43. The molecule has 0 heterocycles. The van der Waals surface area contributed by atoms with E-state index in [1.807, 2.05) is 0 Å². The molecule has 0 bridgehead atoms. The molecule has 0 atom stereocenters. The summed E-state index contributed by atoms with van der Waals surface area (Å²) in [6, 6.07) is 3.31. The highest BCUT2D eigenvalue weighted by Gasteiger charge is 2.21. The van der Waals surface area contributed by atoms with Crippen molar-refractivity contribution in [3.05, 3.63) is 32.8 Å². The van der Waals surface area contributed by atoms with E-state index in [2.05, 4.69) is 0 Å². The van der Waals surface area contributed by atoms with Crippen LogP contribution in [0.1, 0.15) is 5.56 Å². The SMILES string of the molecule is Cc1ccc(Cl)c(N(C)C)c1[N+](=O)[O-]. The van der Waals surface area contributed by atoms with Crippen LogP contribution in [0.25, 0.3) is 0 Å². The Morgan fingerprint density at radius 3 is 2.36 bits per heavy atom. The molecule has 0 fully saturated rings. The molecule has 76 valence electrons. The Balaban J connectivity index is 3.50. The van der Waals surface area contributed by atoms with Crippen LogP contribution < -0.4 is 4.90 Å². The summed E-state index contributed by atoms with van der Waals surface area (Å²) in [6.07, 6.45) is 0. The Morgan fingerprint density at radius 1 is 1.43 bits per heavy atom. The van der Waals surface area contributed by atoms with Crippen LogP contribution in [0.3, 0.4) is 0 Å². The standard InChI is InChI=1S/C9H11ClN2O2/c1-6-4-5-7(10)9(11(2)3)8(6)12(13)14/h4-5H,1-3H3. The van der Waals surface area contributed by atoms with Gasteiger partial charge in [-0.2, -0.15) is 0 Å². The molecule has 0 unspecified atom stereocenters. The van der Waals surface area contributed by atoms with Gasteiger partial charge in [-0.1, -0.05) is 17.7 Å². The minimum Gasteiger partial charge on any atom is -0.371 e. The van der Waals surface area contributed by atoms with Gasteiger partial charge in [-0.3, -0.25) is 10.1 Å². The van der Waals surface area contributed by atoms with Gasteiger partial charge in [-0.05, 0) is 13.0 Å². The molecule has 5 heteroatoms. The molecule has 0 saturated heterocycles. The fraction of sp³-hybridized carbons (Fsp3) is 0.333. The van der Waals surface area contributed by atoms with Crippen molar-refractivity contribution in [2.75, 3.05) is 19.0 Å². The average molecular weight is 215 g/mol. The molecule has 1 rings (SSSR count). The highest BCUT2D eigenvalue weighted by atomic mass is 35.5. The van der Waals surface area contributed by atoms with E-state index in [1.165, 1.54) is 0 Å². The number of anilines is 1. The fourth-order valence-corrected chi connectivity index (χ4v) is 1.63. The summed E-state index contributed by atoms with van der Waals surface area (Å²) in [7, 11) is 3.46. The lowest BCUT2D eigenvalue weighted by molar-refractivity contribution is -0.384. The van der Waals surface area contributed by atoms with Crippen molar-refractivity contribution >= 4 is 23.0 Å². The largest absolute Gasteiger partial charge is 0.371 e. The molecular formula is C9H11ClN2O2. The van der Waals surface area contributed by atoms with Crippen molar-refractivity contribution in [3.8, 4) is 0 Å². The van der Waals surface area contributed by atoms with Crippen LogP contribution >= 0.6 is 11.6 Å². The van der Waals surface area contributed by atoms with Gasteiger partial charge in [0.2, 0.25) is 0 Å². The topological polar surface area (TPSA) is 46.4 Å². The molecule has 0 radical (unpaired) electrons. The van der Waals surface area contributed by atoms with Crippen molar-refractivity contribution in [1.29, 1.82) is 0 Å². The third kappa shape index (κ3) is 1.80.